The standard InChI is InChI=1S/C21H20P.ClH/c1-2-18-22(19-12-6-3-7-13-19,20-14-8-4-9-15-20)21-16-10-5-11-17-21;/h2-18H,1H3;1H/q+1;/p-1/b18-2-;. The lowest BCUT2D eigenvalue weighted by atomic mass is 10.4. The lowest BCUT2D eigenvalue weighted by Crippen LogP contribution is -3.00. The maximum absolute atomic E-state index is 2.41. The Hall–Kier alpha value is -1.88. The fourth-order valence-electron chi connectivity index (χ4n) is 2.92. The molecular formula is C21H20ClP. The largest absolute Gasteiger partial charge is 1.00 e. The predicted molar refractivity (Wildman–Crippen MR) is 100.0 cm³/mol. The molecule has 0 N–H and O–H groups in total. The van der Waals surface area contributed by atoms with E-state index in [1.807, 2.05) is 0 Å². The fraction of sp³-hybridized carbons (Fsp3) is 0.0476. The van der Waals surface area contributed by atoms with E-state index in [9.17, 15) is 0 Å². The van der Waals surface area contributed by atoms with Crippen molar-refractivity contribution in [1.82, 2.24) is 0 Å². The minimum Gasteiger partial charge on any atom is -1.00 e. The summed E-state index contributed by atoms with van der Waals surface area (Å²) in [6.45, 7) is 2.11. The first-order valence-corrected chi connectivity index (χ1v) is 9.43. The average molecular weight is 339 g/mol. The molecule has 0 fully saturated rings. The van der Waals surface area contributed by atoms with Gasteiger partial charge in [0.05, 0.1) is 5.82 Å². The Morgan fingerprint density at radius 1 is 0.565 bits per heavy atom. The molecule has 2 heteroatoms. The zero-order valence-corrected chi connectivity index (χ0v) is 14.8. The molecule has 23 heavy (non-hydrogen) atoms. The maximum atomic E-state index is 2.41. The number of hydrogen-bond donors (Lipinski definition) is 0. The second kappa shape index (κ2) is 8.11. The lowest BCUT2D eigenvalue weighted by molar-refractivity contribution is -0.00000428. The van der Waals surface area contributed by atoms with Crippen LogP contribution in [0, 0.1) is 0 Å². The van der Waals surface area contributed by atoms with E-state index >= 15 is 0 Å². The van der Waals surface area contributed by atoms with Crippen LogP contribution in [0.5, 0.6) is 0 Å². The lowest BCUT2D eigenvalue weighted by Gasteiger charge is -2.23. The normalized spacial score (nSPS) is 11.2. The molecule has 0 amide bonds. The first kappa shape index (κ1) is 17.5. The average Bonchev–Trinajstić information content (AvgIpc) is 2.62. The Kier molecular flexibility index (Phi) is 6.16. The van der Waals surface area contributed by atoms with Gasteiger partial charge in [0.25, 0.3) is 0 Å². The van der Waals surface area contributed by atoms with Gasteiger partial charge in [-0.25, -0.2) is 0 Å². The highest BCUT2D eigenvalue weighted by molar-refractivity contribution is 7.98. The van der Waals surface area contributed by atoms with Crippen molar-refractivity contribution < 1.29 is 12.4 Å². The molecule has 0 heterocycles. The molecule has 0 bridgehead atoms. The summed E-state index contributed by atoms with van der Waals surface area (Å²) in [5.41, 5.74) is 0. The van der Waals surface area contributed by atoms with Crippen molar-refractivity contribution in [2.75, 3.05) is 0 Å². The van der Waals surface area contributed by atoms with Crippen molar-refractivity contribution in [1.29, 1.82) is 0 Å². The highest BCUT2D eigenvalue weighted by atomic mass is 35.5. The van der Waals surface area contributed by atoms with Gasteiger partial charge in [-0.1, -0.05) is 60.7 Å². The first-order chi connectivity index (χ1) is 10.9. The van der Waals surface area contributed by atoms with Crippen molar-refractivity contribution >= 4 is 23.2 Å². The van der Waals surface area contributed by atoms with Gasteiger partial charge in [0, 0.05) is 0 Å². The van der Waals surface area contributed by atoms with E-state index in [2.05, 4.69) is 110 Å². The molecule has 0 unspecified atom stereocenters. The van der Waals surface area contributed by atoms with Crippen LogP contribution in [-0.4, -0.2) is 0 Å². The Bertz CT molecular complexity index is 640. The molecule has 0 aliphatic heterocycles. The van der Waals surface area contributed by atoms with Crippen LogP contribution in [0.4, 0.5) is 0 Å². The summed E-state index contributed by atoms with van der Waals surface area (Å²) in [6, 6.07) is 32.6. The van der Waals surface area contributed by atoms with Crippen LogP contribution in [0.25, 0.3) is 0 Å². The molecule has 0 radical (unpaired) electrons. The highest BCUT2D eigenvalue weighted by Crippen LogP contribution is 2.56. The van der Waals surface area contributed by atoms with Gasteiger partial charge < -0.3 is 12.4 Å². The van der Waals surface area contributed by atoms with Gasteiger partial charge in [-0.3, -0.25) is 0 Å². The van der Waals surface area contributed by atoms with E-state index in [0.29, 0.717) is 0 Å². The van der Waals surface area contributed by atoms with Crippen molar-refractivity contribution in [3.8, 4) is 0 Å². The summed E-state index contributed by atoms with van der Waals surface area (Å²) >= 11 is 0. The number of rotatable bonds is 4. The number of halogens is 1. The molecule has 0 saturated heterocycles. The number of benzene rings is 3. The van der Waals surface area contributed by atoms with E-state index in [4.69, 9.17) is 0 Å². The van der Waals surface area contributed by atoms with E-state index in [0.717, 1.165) is 0 Å². The summed E-state index contributed by atoms with van der Waals surface area (Å²) in [7, 11) is -1.73. The molecule has 3 rings (SSSR count). The first-order valence-electron chi connectivity index (χ1n) is 7.57. The molecule has 0 atom stereocenters. The number of allylic oxidation sites excluding steroid dienone is 1. The quantitative estimate of drug-likeness (QED) is 0.633. The summed E-state index contributed by atoms with van der Waals surface area (Å²) in [4.78, 5) is 0. The SMILES string of the molecule is C/C=C\[P+](c1ccccc1)(c1ccccc1)c1ccccc1.[Cl-]. The van der Waals surface area contributed by atoms with Crippen molar-refractivity contribution in [3.05, 3.63) is 103 Å². The van der Waals surface area contributed by atoms with Crippen LogP contribution < -0.4 is 28.3 Å². The van der Waals surface area contributed by atoms with Crippen LogP contribution >= 0.6 is 7.26 Å². The molecule has 0 aliphatic carbocycles. The zero-order chi connectivity index (χ0) is 15.3. The molecule has 0 aliphatic rings. The summed E-state index contributed by atoms with van der Waals surface area (Å²) in [5.74, 6) is 2.41. The van der Waals surface area contributed by atoms with Gasteiger partial charge in [-0.15, -0.1) is 0 Å². The van der Waals surface area contributed by atoms with Crippen LogP contribution in [-0.2, 0) is 0 Å². The Balaban J connectivity index is 0.00000192. The van der Waals surface area contributed by atoms with Gasteiger partial charge in [0.1, 0.15) is 23.2 Å². The smallest absolute Gasteiger partial charge is 0.136 e. The fourth-order valence-corrected chi connectivity index (χ4v) is 6.70. The van der Waals surface area contributed by atoms with Crippen molar-refractivity contribution in [2.24, 2.45) is 0 Å². The van der Waals surface area contributed by atoms with Crippen LogP contribution in [0.2, 0.25) is 0 Å². The van der Waals surface area contributed by atoms with Gasteiger partial charge in [-0.2, -0.15) is 0 Å². The molecular weight excluding hydrogens is 319 g/mol. The van der Waals surface area contributed by atoms with Crippen molar-refractivity contribution in [2.45, 2.75) is 6.92 Å². The zero-order valence-electron chi connectivity index (χ0n) is 13.1. The van der Waals surface area contributed by atoms with E-state index in [-0.39, 0.29) is 12.4 Å². The summed E-state index contributed by atoms with van der Waals surface area (Å²) in [6.07, 6.45) is 2.20. The monoisotopic (exact) mass is 338 g/mol. The minimum atomic E-state index is -1.73. The third-order valence-corrected chi connectivity index (χ3v) is 7.95. The molecule has 0 saturated carbocycles. The second-order valence-corrected chi connectivity index (χ2v) is 8.50. The Morgan fingerprint density at radius 3 is 1.13 bits per heavy atom. The topological polar surface area (TPSA) is 0 Å². The van der Waals surface area contributed by atoms with Crippen LogP contribution in [0.15, 0.2) is 103 Å². The molecule has 3 aromatic rings. The molecule has 0 spiro atoms. The minimum absolute atomic E-state index is 0. The predicted octanol–water partition coefficient (Wildman–Crippen LogP) is 1.52. The summed E-state index contributed by atoms with van der Waals surface area (Å²) in [5, 5.41) is 4.18. The van der Waals surface area contributed by atoms with Gasteiger partial charge >= 0.3 is 0 Å². The maximum Gasteiger partial charge on any atom is 0.136 e. The third kappa shape index (κ3) is 3.39. The Morgan fingerprint density at radius 2 is 0.870 bits per heavy atom. The van der Waals surface area contributed by atoms with Crippen LogP contribution in [0.3, 0.4) is 0 Å². The highest BCUT2D eigenvalue weighted by Gasteiger charge is 2.42. The third-order valence-electron chi connectivity index (χ3n) is 3.86. The second-order valence-electron chi connectivity index (χ2n) is 5.21. The van der Waals surface area contributed by atoms with Crippen LogP contribution in [0.1, 0.15) is 6.92 Å². The molecule has 0 aromatic heterocycles. The van der Waals surface area contributed by atoms with E-state index < -0.39 is 7.26 Å². The van der Waals surface area contributed by atoms with Gasteiger partial charge in [-0.05, 0) is 43.3 Å². The molecule has 116 valence electrons. The Labute approximate surface area is 145 Å². The van der Waals surface area contributed by atoms with Gasteiger partial charge in [0.15, 0.2) is 0 Å². The van der Waals surface area contributed by atoms with E-state index in [1.54, 1.807) is 0 Å². The van der Waals surface area contributed by atoms with Crippen molar-refractivity contribution in [3.63, 3.8) is 0 Å². The molecule has 0 nitrogen and oxygen atoms in total. The van der Waals surface area contributed by atoms with E-state index in [1.165, 1.54) is 15.9 Å². The molecule has 3 aromatic carbocycles. The van der Waals surface area contributed by atoms with Gasteiger partial charge in [0.2, 0.25) is 0 Å². The number of hydrogen-bond acceptors (Lipinski definition) is 0. The summed E-state index contributed by atoms with van der Waals surface area (Å²) < 4.78 is 0.